The molecule has 1 rings (SSSR count). The highest BCUT2D eigenvalue weighted by Gasteiger charge is 2.04. The molecule has 0 aromatic carbocycles. The second-order valence-corrected chi connectivity index (χ2v) is 2.24. The van der Waals surface area contributed by atoms with Crippen LogP contribution < -0.4 is 0 Å². The maximum Gasteiger partial charge on any atom is 0.344 e. The molecule has 1 aliphatic carbocycles. The summed E-state index contributed by atoms with van der Waals surface area (Å²) in [5.41, 5.74) is 0.996. The van der Waals surface area contributed by atoms with Crippen molar-refractivity contribution < 1.29 is 4.42 Å². The molecule has 0 fully saturated rings. The van der Waals surface area contributed by atoms with Crippen molar-refractivity contribution in [2.45, 2.75) is 0 Å². The van der Waals surface area contributed by atoms with Crippen molar-refractivity contribution in [1.29, 1.82) is 0 Å². The average molecular weight is 147 g/mol. The van der Waals surface area contributed by atoms with E-state index in [1.807, 2.05) is 24.3 Å². The summed E-state index contributed by atoms with van der Waals surface area (Å²) in [5.74, 6) is 0.859. The fourth-order valence-electron chi connectivity index (χ4n) is 0.741. The van der Waals surface area contributed by atoms with Crippen molar-refractivity contribution in [3.8, 4) is 0 Å². The van der Waals surface area contributed by atoms with Gasteiger partial charge in [0.15, 0.2) is 0 Å². The summed E-state index contributed by atoms with van der Waals surface area (Å²) >= 11 is 0. The van der Waals surface area contributed by atoms with E-state index in [0.717, 1.165) is 11.4 Å². The summed E-state index contributed by atoms with van der Waals surface area (Å²) in [6, 6.07) is 0. The van der Waals surface area contributed by atoms with E-state index in [4.69, 9.17) is 4.42 Å². The third kappa shape index (κ3) is 2.38. The molecule has 0 aromatic rings. The molecule has 11 heavy (non-hydrogen) atoms. The first kappa shape index (κ1) is 7.73. The average Bonchev–Trinajstić information content (AvgIpc) is 2.04. The fraction of sp³-hybridized carbons (Fsp3) is 0.100. The van der Waals surface area contributed by atoms with Crippen LogP contribution in [-0.4, -0.2) is 12.4 Å². The van der Waals surface area contributed by atoms with Crippen LogP contribution in [0.25, 0.3) is 0 Å². The second kappa shape index (κ2) is 3.71. The lowest BCUT2D eigenvalue weighted by Gasteiger charge is -1.91. The minimum Gasteiger partial charge on any atom is -0.250 e. The number of rotatable bonds is 2. The van der Waals surface area contributed by atoms with Crippen LogP contribution in [0.2, 0.25) is 0 Å². The van der Waals surface area contributed by atoms with Crippen LogP contribution in [0.5, 0.6) is 0 Å². The van der Waals surface area contributed by atoms with Crippen LogP contribution in [-0.2, 0) is 4.42 Å². The fourth-order valence-corrected chi connectivity index (χ4v) is 0.741. The van der Waals surface area contributed by atoms with Crippen LogP contribution in [0.1, 0.15) is 0 Å². The summed E-state index contributed by atoms with van der Waals surface area (Å²) < 4.78 is 5.26. The monoisotopic (exact) mass is 147 g/mol. The number of hydrogen-bond donors (Lipinski definition) is 0. The number of carbonyl (C=O) groups excluding carboxylic acids is 1. The Balaban J connectivity index is 2.64. The first-order valence-corrected chi connectivity index (χ1v) is 3.48. The quantitative estimate of drug-likeness (QED) is 0.418. The van der Waals surface area contributed by atoms with Crippen molar-refractivity contribution >= 4 is 5.78 Å². The lowest BCUT2D eigenvalue weighted by molar-refractivity contribution is -0.442. The molecule has 0 amide bonds. The zero-order valence-electron chi connectivity index (χ0n) is 6.42. The van der Waals surface area contributed by atoms with Crippen molar-refractivity contribution in [2.24, 2.45) is 0 Å². The number of allylic oxidation sites excluding steroid dienone is 5. The molecular weight excluding hydrogens is 136 g/mol. The first-order chi connectivity index (χ1) is 5.33. The van der Waals surface area contributed by atoms with Crippen LogP contribution in [0, 0.1) is 0 Å². The van der Waals surface area contributed by atoms with Crippen LogP contribution >= 0.6 is 0 Å². The molecular formula is C10H11O+. The highest BCUT2D eigenvalue weighted by Crippen LogP contribution is 2.02. The molecule has 1 aliphatic rings. The Morgan fingerprint density at radius 2 is 1.91 bits per heavy atom. The van der Waals surface area contributed by atoms with Gasteiger partial charge in [0.2, 0.25) is 0 Å². The predicted octanol–water partition coefficient (Wildman–Crippen LogP) is 1.96. The molecule has 1 heteroatoms. The lowest BCUT2D eigenvalue weighted by Crippen LogP contribution is -1.97. The van der Waals surface area contributed by atoms with Gasteiger partial charge in [0.05, 0.1) is 0 Å². The first-order valence-electron chi connectivity index (χ1n) is 3.48. The van der Waals surface area contributed by atoms with Crippen molar-refractivity contribution in [1.82, 2.24) is 0 Å². The van der Waals surface area contributed by atoms with Crippen molar-refractivity contribution in [3.63, 3.8) is 0 Å². The maximum absolute atomic E-state index is 5.26. The van der Waals surface area contributed by atoms with Gasteiger partial charge in [-0.15, -0.1) is 0 Å². The molecule has 0 bridgehead atoms. The van der Waals surface area contributed by atoms with Gasteiger partial charge in [-0.2, -0.15) is 0 Å². The third-order valence-electron chi connectivity index (χ3n) is 1.29. The van der Waals surface area contributed by atoms with E-state index in [-0.39, 0.29) is 0 Å². The van der Waals surface area contributed by atoms with E-state index in [1.54, 1.807) is 6.08 Å². The Morgan fingerprint density at radius 3 is 2.45 bits per heavy atom. The predicted molar refractivity (Wildman–Crippen MR) is 47.5 cm³/mol. The van der Waals surface area contributed by atoms with Gasteiger partial charge < -0.3 is 0 Å². The van der Waals surface area contributed by atoms with Gasteiger partial charge in [-0.05, 0) is 17.7 Å². The molecule has 0 atom stereocenters. The standard InChI is InChI=1S/C10H11O/c1-3-8-11-10-6-4-9(2)5-7-10/h3-7H,1-2,8H2/q+1. The van der Waals surface area contributed by atoms with Crippen molar-refractivity contribution in [2.75, 3.05) is 6.61 Å². The lowest BCUT2D eigenvalue weighted by atomic mass is 10.1. The zero-order valence-corrected chi connectivity index (χ0v) is 6.42. The molecule has 0 saturated carbocycles. The summed E-state index contributed by atoms with van der Waals surface area (Å²) in [6.07, 6.45) is 9.34. The highest BCUT2D eigenvalue weighted by molar-refractivity contribution is 6.01. The maximum atomic E-state index is 5.26. The van der Waals surface area contributed by atoms with E-state index in [0.29, 0.717) is 6.61 Å². The normalized spacial score (nSPS) is 15.3. The van der Waals surface area contributed by atoms with Gasteiger partial charge in [-0.25, -0.2) is 0 Å². The van der Waals surface area contributed by atoms with Gasteiger partial charge in [0.25, 0.3) is 6.61 Å². The van der Waals surface area contributed by atoms with E-state index in [2.05, 4.69) is 13.2 Å². The van der Waals surface area contributed by atoms with Gasteiger partial charge >= 0.3 is 5.78 Å². The van der Waals surface area contributed by atoms with Gasteiger partial charge in [-0.1, -0.05) is 13.2 Å². The molecule has 0 aliphatic heterocycles. The Labute approximate surface area is 66.7 Å². The van der Waals surface area contributed by atoms with Crippen LogP contribution in [0.4, 0.5) is 0 Å². The number of ketones is 1. The smallest absolute Gasteiger partial charge is 0.250 e. The van der Waals surface area contributed by atoms with Gasteiger partial charge in [0, 0.05) is 18.2 Å². The molecule has 1 nitrogen and oxygen atoms in total. The topological polar surface area (TPSA) is 11.3 Å². The molecule has 0 saturated heterocycles. The summed E-state index contributed by atoms with van der Waals surface area (Å²) in [7, 11) is 0. The summed E-state index contributed by atoms with van der Waals surface area (Å²) in [4.78, 5) is 0. The second-order valence-electron chi connectivity index (χ2n) is 2.24. The van der Waals surface area contributed by atoms with E-state index in [9.17, 15) is 0 Å². The molecule has 0 unspecified atom stereocenters. The number of hydrogen-bond acceptors (Lipinski definition) is 0. The highest BCUT2D eigenvalue weighted by atomic mass is 16.4. The minimum absolute atomic E-state index is 0.552. The van der Waals surface area contributed by atoms with Crippen molar-refractivity contribution in [3.05, 3.63) is 49.1 Å². The summed E-state index contributed by atoms with van der Waals surface area (Å²) in [5, 5.41) is 0. The molecule has 0 spiro atoms. The van der Waals surface area contributed by atoms with Crippen LogP contribution in [0.15, 0.2) is 49.1 Å². The molecule has 56 valence electrons. The molecule has 0 aromatic heterocycles. The summed E-state index contributed by atoms with van der Waals surface area (Å²) in [6.45, 7) is 7.87. The van der Waals surface area contributed by atoms with E-state index in [1.165, 1.54) is 0 Å². The molecule has 0 N–H and O–H groups in total. The van der Waals surface area contributed by atoms with Crippen LogP contribution in [0.3, 0.4) is 0 Å². The van der Waals surface area contributed by atoms with Gasteiger partial charge in [0.1, 0.15) is 0 Å². The SMILES string of the molecule is C=CC[O+]=C1C=CC(=C)C=C1. The molecule has 0 heterocycles. The minimum atomic E-state index is 0.552. The third-order valence-corrected chi connectivity index (χ3v) is 1.29. The Kier molecular flexibility index (Phi) is 2.61. The van der Waals surface area contributed by atoms with Gasteiger partial charge in [-0.3, -0.25) is 4.42 Å². The Morgan fingerprint density at radius 1 is 1.27 bits per heavy atom. The van der Waals surface area contributed by atoms with E-state index >= 15 is 0 Å². The largest absolute Gasteiger partial charge is 0.344 e. The molecule has 0 radical (unpaired) electrons. The van der Waals surface area contributed by atoms with E-state index < -0.39 is 0 Å². The Bertz CT molecular complexity index is 236. The Hall–Kier alpha value is -1.37. The zero-order chi connectivity index (χ0) is 8.10.